The SMILES string of the molecule is CC(=O)Nc1ccc(NC(=O)CN(CCO)Cc2cccc(Cl)c2)cc1. The minimum absolute atomic E-state index is 0.0424. The molecule has 26 heavy (non-hydrogen) atoms. The highest BCUT2D eigenvalue weighted by Crippen LogP contribution is 2.15. The van der Waals surface area contributed by atoms with E-state index in [4.69, 9.17) is 11.6 Å². The first-order valence-corrected chi connectivity index (χ1v) is 8.59. The van der Waals surface area contributed by atoms with Crippen LogP contribution >= 0.6 is 11.6 Å². The van der Waals surface area contributed by atoms with E-state index in [0.29, 0.717) is 29.5 Å². The molecule has 0 aliphatic carbocycles. The monoisotopic (exact) mass is 375 g/mol. The molecule has 3 N–H and O–H groups in total. The van der Waals surface area contributed by atoms with Crippen LogP contribution in [0.1, 0.15) is 12.5 Å². The first-order valence-electron chi connectivity index (χ1n) is 8.21. The van der Waals surface area contributed by atoms with Crippen LogP contribution in [0.3, 0.4) is 0 Å². The molecular formula is C19H22ClN3O3. The van der Waals surface area contributed by atoms with Crippen molar-refractivity contribution >= 4 is 34.8 Å². The van der Waals surface area contributed by atoms with E-state index in [1.807, 2.05) is 23.1 Å². The summed E-state index contributed by atoms with van der Waals surface area (Å²) in [5, 5.41) is 15.4. The van der Waals surface area contributed by atoms with E-state index < -0.39 is 0 Å². The van der Waals surface area contributed by atoms with E-state index >= 15 is 0 Å². The number of nitrogens with zero attached hydrogens (tertiary/aromatic N) is 1. The van der Waals surface area contributed by atoms with Crippen LogP contribution in [0, 0.1) is 0 Å². The number of nitrogens with one attached hydrogen (secondary N) is 2. The third-order valence-corrected chi connectivity index (χ3v) is 3.80. The lowest BCUT2D eigenvalue weighted by atomic mass is 10.2. The second kappa shape index (κ2) is 9.91. The Labute approximate surface area is 157 Å². The van der Waals surface area contributed by atoms with Crippen molar-refractivity contribution in [1.82, 2.24) is 4.90 Å². The number of carbonyl (C=O) groups is 2. The molecule has 0 spiro atoms. The van der Waals surface area contributed by atoms with Gasteiger partial charge in [0.1, 0.15) is 0 Å². The van der Waals surface area contributed by atoms with Gasteiger partial charge in [-0.25, -0.2) is 0 Å². The van der Waals surface area contributed by atoms with Gasteiger partial charge in [0.2, 0.25) is 11.8 Å². The van der Waals surface area contributed by atoms with E-state index in [2.05, 4.69) is 10.6 Å². The normalized spacial score (nSPS) is 10.6. The maximum atomic E-state index is 12.3. The summed E-state index contributed by atoms with van der Waals surface area (Å²) >= 11 is 5.99. The van der Waals surface area contributed by atoms with Crippen molar-refractivity contribution < 1.29 is 14.7 Å². The zero-order valence-corrected chi connectivity index (χ0v) is 15.3. The average Bonchev–Trinajstić information content (AvgIpc) is 2.56. The van der Waals surface area contributed by atoms with Gasteiger partial charge < -0.3 is 15.7 Å². The van der Waals surface area contributed by atoms with E-state index in [-0.39, 0.29) is 25.0 Å². The van der Waals surface area contributed by atoms with Crippen molar-refractivity contribution in [3.63, 3.8) is 0 Å². The Morgan fingerprint density at radius 3 is 2.31 bits per heavy atom. The van der Waals surface area contributed by atoms with Crippen LogP contribution in [0.15, 0.2) is 48.5 Å². The van der Waals surface area contributed by atoms with E-state index in [9.17, 15) is 14.7 Å². The fourth-order valence-corrected chi connectivity index (χ4v) is 2.71. The summed E-state index contributed by atoms with van der Waals surface area (Å²) in [7, 11) is 0. The van der Waals surface area contributed by atoms with Crippen LogP contribution in [0.2, 0.25) is 5.02 Å². The number of aliphatic hydroxyl groups is 1. The molecule has 0 unspecified atom stereocenters. The van der Waals surface area contributed by atoms with Gasteiger partial charge in [-0.2, -0.15) is 0 Å². The third kappa shape index (κ3) is 6.84. The Balaban J connectivity index is 1.93. The van der Waals surface area contributed by atoms with Crippen LogP contribution in [-0.4, -0.2) is 41.5 Å². The number of rotatable bonds is 8. The molecule has 2 amide bonds. The zero-order valence-electron chi connectivity index (χ0n) is 14.5. The molecule has 0 saturated heterocycles. The lowest BCUT2D eigenvalue weighted by Gasteiger charge is -2.21. The summed E-state index contributed by atoms with van der Waals surface area (Å²) in [6.45, 7) is 2.42. The van der Waals surface area contributed by atoms with E-state index in [1.165, 1.54) is 6.92 Å². The Kier molecular flexibility index (Phi) is 7.59. The number of aliphatic hydroxyl groups excluding tert-OH is 1. The molecule has 0 radical (unpaired) electrons. The van der Waals surface area contributed by atoms with Gasteiger partial charge in [-0.05, 0) is 42.0 Å². The van der Waals surface area contributed by atoms with Crippen molar-refractivity contribution in [2.24, 2.45) is 0 Å². The maximum absolute atomic E-state index is 12.3. The van der Waals surface area contributed by atoms with Gasteiger partial charge >= 0.3 is 0 Å². The summed E-state index contributed by atoms with van der Waals surface area (Å²) in [5.41, 5.74) is 2.27. The molecule has 0 aliphatic rings. The second-order valence-electron chi connectivity index (χ2n) is 5.87. The van der Waals surface area contributed by atoms with Crippen molar-refractivity contribution in [1.29, 1.82) is 0 Å². The molecule has 2 aromatic carbocycles. The predicted molar refractivity (Wildman–Crippen MR) is 103 cm³/mol. The molecular weight excluding hydrogens is 354 g/mol. The second-order valence-corrected chi connectivity index (χ2v) is 6.31. The standard InChI is InChI=1S/C19H22ClN3O3/c1-14(25)21-17-5-7-18(8-6-17)22-19(26)13-23(9-10-24)12-15-3-2-4-16(20)11-15/h2-8,11,24H,9-10,12-13H2,1H3,(H,21,25)(H,22,26). The molecule has 0 aromatic heterocycles. The van der Waals surface area contributed by atoms with Crippen molar-refractivity contribution in [2.75, 3.05) is 30.3 Å². The van der Waals surface area contributed by atoms with Gasteiger partial charge in [-0.3, -0.25) is 14.5 Å². The first kappa shape index (κ1) is 19.9. The van der Waals surface area contributed by atoms with E-state index in [1.54, 1.807) is 30.3 Å². The zero-order chi connectivity index (χ0) is 18.9. The number of amides is 2. The van der Waals surface area contributed by atoms with Crippen LogP contribution in [0.5, 0.6) is 0 Å². The Morgan fingerprint density at radius 1 is 1.08 bits per heavy atom. The highest BCUT2D eigenvalue weighted by molar-refractivity contribution is 6.30. The molecule has 138 valence electrons. The molecule has 0 bridgehead atoms. The highest BCUT2D eigenvalue weighted by atomic mass is 35.5. The minimum atomic E-state index is -0.187. The van der Waals surface area contributed by atoms with Gasteiger partial charge in [0.25, 0.3) is 0 Å². The Bertz CT molecular complexity index is 750. The predicted octanol–water partition coefficient (Wildman–Crippen LogP) is 2.73. The lowest BCUT2D eigenvalue weighted by Crippen LogP contribution is -2.34. The van der Waals surface area contributed by atoms with Gasteiger partial charge in [0.05, 0.1) is 13.2 Å². The minimum Gasteiger partial charge on any atom is -0.395 e. The summed E-state index contributed by atoms with van der Waals surface area (Å²) in [5.74, 6) is -0.338. The fraction of sp³-hybridized carbons (Fsp3) is 0.263. The number of hydrogen-bond acceptors (Lipinski definition) is 4. The summed E-state index contributed by atoms with van der Waals surface area (Å²) < 4.78 is 0. The molecule has 0 atom stereocenters. The fourth-order valence-electron chi connectivity index (χ4n) is 2.49. The highest BCUT2D eigenvalue weighted by Gasteiger charge is 2.12. The smallest absolute Gasteiger partial charge is 0.238 e. The molecule has 0 aliphatic heterocycles. The quantitative estimate of drug-likeness (QED) is 0.662. The number of benzene rings is 2. The average molecular weight is 376 g/mol. The summed E-state index contributed by atoms with van der Waals surface area (Å²) in [6, 6.07) is 14.3. The van der Waals surface area contributed by atoms with Crippen molar-refractivity contribution in [3.05, 3.63) is 59.1 Å². The van der Waals surface area contributed by atoms with Crippen molar-refractivity contribution in [3.8, 4) is 0 Å². The molecule has 2 aromatic rings. The van der Waals surface area contributed by atoms with Gasteiger partial charge in [0, 0.05) is 36.4 Å². The topological polar surface area (TPSA) is 81.7 Å². The van der Waals surface area contributed by atoms with Crippen LogP contribution < -0.4 is 10.6 Å². The van der Waals surface area contributed by atoms with E-state index in [0.717, 1.165) is 5.56 Å². The molecule has 7 heteroatoms. The molecule has 0 saturated carbocycles. The number of carbonyl (C=O) groups excluding carboxylic acids is 2. The van der Waals surface area contributed by atoms with Crippen molar-refractivity contribution in [2.45, 2.75) is 13.5 Å². The number of halogens is 1. The number of anilines is 2. The Morgan fingerprint density at radius 2 is 1.73 bits per heavy atom. The summed E-state index contributed by atoms with van der Waals surface area (Å²) in [6.07, 6.45) is 0. The maximum Gasteiger partial charge on any atom is 0.238 e. The summed E-state index contributed by atoms with van der Waals surface area (Å²) in [4.78, 5) is 25.1. The molecule has 2 rings (SSSR count). The largest absolute Gasteiger partial charge is 0.395 e. The van der Waals surface area contributed by atoms with Crippen LogP contribution in [0.25, 0.3) is 0 Å². The number of hydrogen-bond donors (Lipinski definition) is 3. The third-order valence-electron chi connectivity index (χ3n) is 3.57. The van der Waals surface area contributed by atoms with Crippen LogP contribution in [0.4, 0.5) is 11.4 Å². The molecule has 0 fully saturated rings. The van der Waals surface area contributed by atoms with Crippen LogP contribution in [-0.2, 0) is 16.1 Å². The van der Waals surface area contributed by atoms with Gasteiger partial charge in [0.15, 0.2) is 0 Å². The van der Waals surface area contributed by atoms with Gasteiger partial charge in [-0.1, -0.05) is 23.7 Å². The van der Waals surface area contributed by atoms with Gasteiger partial charge in [-0.15, -0.1) is 0 Å². The lowest BCUT2D eigenvalue weighted by molar-refractivity contribution is -0.117. The Hall–Kier alpha value is -2.41. The molecule has 6 nitrogen and oxygen atoms in total. The first-order chi connectivity index (χ1) is 12.5. The molecule has 0 heterocycles.